The van der Waals surface area contributed by atoms with Gasteiger partial charge in [-0.15, -0.1) is 0 Å². The van der Waals surface area contributed by atoms with E-state index >= 15 is 0 Å². The predicted molar refractivity (Wildman–Crippen MR) is 97.9 cm³/mol. The molecule has 24 heavy (non-hydrogen) atoms. The molecule has 0 unspecified atom stereocenters. The van der Waals surface area contributed by atoms with Gasteiger partial charge in [0, 0.05) is 37.4 Å². The third kappa shape index (κ3) is 19.5. The normalized spacial score (nSPS) is 10.7. The lowest BCUT2D eigenvalue weighted by atomic mass is 10.4. The molecular formula is C14H29N3O5S2. The molecule has 0 aromatic rings. The molecule has 0 spiro atoms. The number of hydrogen-bond donors (Lipinski definition) is 3. The van der Waals surface area contributed by atoms with Crippen molar-refractivity contribution in [1.82, 2.24) is 5.32 Å². The van der Waals surface area contributed by atoms with Crippen molar-refractivity contribution < 1.29 is 23.8 Å². The first-order chi connectivity index (χ1) is 11.7. The molecule has 0 aromatic heterocycles. The van der Waals surface area contributed by atoms with Crippen LogP contribution in [0.1, 0.15) is 12.8 Å². The van der Waals surface area contributed by atoms with E-state index in [4.69, 9.17) is 25.7 Å². The smallest absolute Gasteiger partial charge is 0.222 e. The van der Waals surface area contributed by atoms with Gasteiger partial charge in [0.25, 0.3) is 0 Å². The first kappa shape index (κ1) is 23.5. The molecule has 2 amide bonds. The van der Waals surface area contributed by atoms with Crippen LogP contribution in [-0.2, 0) is 23.8 Å². The Bertz CT molecular complexity index is 325. The summed E-state index contributed by atoms with van der Waals surface area (Å²) in [5.74, 6) is 1.16. The molecule has 8 nitrogen and oxygen atoms in total. The van der Waals surface area contributed by atoms with Crippen LogP contribution in [0.3, 0.4) is 0 Å². The monoisotopic (exact) mass is 383 g/mol. The van der Waals surface area contributed by atoms with Crippen LogP contribution in [0.4, 0.5) is 0 Å². The summed E-state index contributed by atoms with van der Waals surface area (Å²) in [6, 6.07) is 0. The molecule has 0 saturated carbocycles. The van der Waals surface area contributed by atoms with Gasteiger partial charge in [0.05, 0.1) is 39.6 Å². The molecule has 5 N–H and O–H groups in total. The summed E-state index contributed by atoms with van der Waals surface area (Å²) >= 11 is 0. The van der Waals surface area contributed by atoms with E-state index in [2.05, 4.69) is 5.32 Å². The van der Waals surface area contributed by atoms with Crippen LogP contribution in [0.2, 0.25) is 0 Å². The zero-order valence-corrected chi connectivity index (χ0v) is 15.6. The van der Waals surface area contributed by atoms with Gasteiger partial charge in [-0.3, -0.25) is 9.59 Å². The number of nitrogens with one attached hydrogen (secondary N) is 1. The summed E-state index contributed by atoms with van der Waals surface area (Å²) < 4.78 is 15.8. The number of ether oxygens (including phenoxy) is 3. The van der Waals surface area contributed by atoms with Crippen molar-refractivity contribution in [1.29, 1.82) is 0 Å². The fraction of sp³-hybridized carbons (Fsp3) is 0.857. The number of amides is 2. The minimum absolute atomic E-state index is 0.0335. The summed E-state index contributed by atoms with van der Waals surface area (Å²) in [5.41, 5.74) is 10.3. The van der Waals surface area contributed by atoms with Gasteiger partial charge in [-0.1, -0.05) is 21.6 Å². The lowest BCUT2D eigenvalue weighted by Crippen LogP contribution is -2.26. The fourth-order valence-corrected chi connectivity index (χ4v) is 3.28. The van der Waals surface area contributed by atoms with Crippen LogP contribution in [0.25, 0.3) is 0 Å². The number of carbonyl (C=O) groups is 2. The first-order valence-electron chi connectivity index (χ1n) is 7.89. The fourth-order valence-electron chi connectivity index (χ4n) is 1.37. The van der Waals surface area contributed by atoms with Gasteiger partial charge >= 0.3 is 0 Å². The van der Waals surface area contributed by atoms with Gasteiger partial charge in [0.2, 0.25) is 11.8 Å². The molecule has 0 aromatic carbocycles. The number of nitrogens with two attached hydrogens (primary N) is 2. The molecule has 0 heterocycles. The molecule has 0 atom stereocenters. The highest BCUT2D eigenvalue weighted by atomic mass is 33.1. The van der Waals surface area contributed by atoms with E-state index in [0.717, 1.165) is 5.75 Å². The minimum atomic E-state index is -0.290. The molecule has 0 radical (unpaired) electrons. The summed E-state index contributed by atoms with van der Waals surface area (Å²) in [4.78, 5) is 22.1. The van der Waals surface area contributed by atoms with Crippen LogP contribution in [0.15, 0.2) is 0 Å². The Labute approximate surface area is 151 Å². The molecule has 0 fully saturated rings. The third-order valence-corrected chi connectivity index (χ3v) is 4.91. The summed E-state index contributed by atoms with van der Waals surface area (Å²) in [5, 5.41) is 2.81. The minimum Gasteiger partial charge on any atom is -0.379 e. The van der Waals surface area contributed by atoms with E-state index in [1.165, 1.54) is 0 Å². The number of rotatable bonds is 18. The molecule has 0 bridgehead atoms. The largest absolute Gasteiger partial charge is 0.379 e. The molecule has 0 aliphatic carbocycles. The number of primary amides is 1. The van der Waals surface area contributed by atoms with Gasteiger partial charge < -0.3 is 31.0 Å². The molecule has 10 heteroatoms. The zero-order valence-electron chi connectivity index (χ0n) is 14.0. The summed E-state index contributed by atoms with van der Waals surface area (Å²) in [6.07, 6.45) is 0.713. The highest BCUT2D eigenvalue weighted by Gasteiger charge is 2.01. The van der Waals surface area contributed by atoms with Gasteiger partial charge in [-0.25, -0.2) is 0 Å². The van der Waals surface area contributed by atoms with Crippen LogP contribution in [0, 0.1) is 0 Å². The highest BCUT2D eigenvalue weighted by Crippen LogP contribution is 2.20. The van der Waals surface area contributed by atoms with Crippen LogP contribution in [-0.4, -0.2) is 76.1 Å². The van der Waals surface area contributed by atoms with E-state index in [0.29, 0.717) is 71.3 Å². The van der Waals surface area contributed by atoms with Gasteiger partial charge in [-0.05, 0) is 0 Å². The number of hydrogen-bond acceptors (Lipinski definition) is 8. The molecule has 0 aliphatic heterocycles. The molecular weight excluding hydrogens is 354 g/mol. The predicted octanol–water partition coefficient (Wildman–Crippen LogP) is -0.242. The average molecular weight is 384 g/mol. The van der Waals surface area contributed by atoms with Crippen molar-refractivity contribution in [3.05, 3.63) is 0 Å². The maximum Gasteiger partial charge on any atom is 0.222 e. The van der Waals surface area contributed by atoms with Crippen LogP contribution < -0.4 is 16.8 Å². The van der Waals surface area contributed by atoms with Gasteiger partial charge in [0.1, 0.15) is 0 Å². The van der Waals surface area contributed by atoms with Crippen molar-refractivity contribution in [2.75, 3.05) is 64.2 Å². The summed E-state index contributed by atoms with van der Waals surface area (Å²) in [7, 11) is 3.19. The Hall–Kier alpha value is -0.520. The van der Waals surface area contributed by atoms with E-state index in [-0.39, 0.29) is 11.8 Å². The standard InChI is InChI=1S/C14H29N3O5S2/c15-3-6-21-8-10-22-9-7-20-5-1-14(19)17-4-12-24-23-11-2-13(16)18/h1-12,15H2,(H2,16,18)(H,17,19). The van der Waals surface area contributed by atoms with Crippen molar-refractivity contribution in [3.63, 3.8) is 0 Å². The van der Waals surface area contributed by atoms with E-state index in [9.17, 15) is 9.59 Å². The van der Waals surface area contributed by atoms with Crippen LogP contribution >= 0.6 is 21.6 Å². The number of carbonyl (C=O) groups excluding carboxylic acids is 2. The SMILES string of the molecule is NCCOCCOCCOCCC(=O)NCCSSCCC(N)=O. The lowest BCUT2D eigenvalue weighted by Gasteiger charge is -2.07. The molecule has 0 rings (SSSR count). The van der Waals surface area contributed by atoms with Crippen molar-refractivity contribution in [3.8, 4) is 0 Å². The lowest BCUT2D eigenvalue weighted by molar-refractivity contribution is -0.122. The Morgan fingerprint density at radius 2 is 1.42 bits per heavy atom. The van der Waals surface area contributed by atoms with Crippen LogP contribution in [0.5, 0.6) is 0 Å². The average Bonchev–Trinajstić information content (AvgIpc) is 2.55. The summed E-state index contributed by atoms with van der Waals surface area (Å²) in [6.45, 7) is 4.00. The second-order valence-corrected chi connectivity index (χ2v) is 7.29. The molecule has 0 saturated heterocycles. The van der Waals surface area contributed by atoms with Gasteiger partial charge in [0.15, 0.2) is 0 Å². The van der Waals surface area contributed by atoms with E-state index < -0.39 is 0 Å². The quantitative estimate of drug-likeness (QED) is 0.219. The Balaban J connectivity index is 3.17. The molecule has 142 valence electrons. The second kappa shape index (κ2) is 18.8. The topological polar surface area (TPSA) is 126 Å². The van der Waals surface area contributed by atoms with Crippen molar-refractivity contribution in [2.45, 2.75) is 12.8 Å². The van der Waals surface area contributed by atoms with Crippen molar-refractivity contribution in [2.24, 2.45) is 11.5 Å². The zero-order chi connectivity index (χ0) is 17.9. The Kier molecular flexibility index (Phi) is 18.4. The Morgan fingerprint density at radius 1 is 0.833 bits per heavy atom. The van der Waals surface area contributed by atoms with Crippen molar-refractivity contribution >= 4 is 33.4 Å². The first-order valence-corrected chi connectivity index (χ1v) is 10.4. The second-order valence-electron chi connectivity index (χ2n) is 4.59. The molecule has 0 aliphatic rings. The maximum absolute atomic E-state index is 11.5. The third-order valence-electron chi connectivity index (χ3n) is 2.50. The highest BCUT2D eigenvalue weighted by molar-refractivity contribution is 8.76. The Morgan fingerprint density at radius 3 is 2.04 bits per heavy atom. The van der Waals surface area contributed by atoms with E-state index in [1.54, 1.807) is 21.6 Å². The van der Waals surface area contributed by atoms with Gasteiger partial charge in [-0.2, -0.15) is 0 Å². The van der Waals surface area contributed by atoms with E-state index in [1.807, 2.05) is 0 Å². The maximum atomic E-state index is 11.5.